The number of aromatic nitrogens is 1. The molecule has 0 radical (unpaired) electrons. The molecule has 0 spiro atoms. The van der Waals surface area contributed by atoms with E-state index in [1.165, 1.54) is 12.7 Å². The monoisotopic (exact) mass is 249 g/mol. The molecule has 98 valence electrons. The van der Waals surface area contributed by atoms with Crippen LogP contribution in [0.2, 0.25) is 0 Å². The van der Waals surface area contributed by atoms with E-state index in [1.54, 1.807) is 4.90 Å². The average molecular weight is 249 g/mol. The number of methoxy groups -OCH3 is 1. The Balaban J connectivity index is 1.72. The Kier molecular flexibility index (Phi) is 4.52. The summed E-state index contributed by atoms with van der Waals surface area (Å²) in [5.41, 5.74) is 1.31. The maximum atomic E-state index is 11.3. The van der Waals surface area contributed by atoms with Gasteiger partial charge in [-0.15, -0.1) is 0 Å². The maximum Gasteiger partial charge on any atom is 0.409 e. The summed E-state index contributed by atoms with van der Waals surface area (Å²) in [6.45, 7) is 4.37. The zero-order valence-electron chi connectivity index (χ0n) is 10.7. The van der Waals surface area contributed by atoms with Crippen molar-refractivity contribution in [3.63, 3.8) is 0 Å². The highest BCUT2D eigenvalue weighted by Crippen LogP contribution is 2.05. The van der Waals surface area contributed by atoms with Crippen LogP contribution >= 0.6 is 0 Å². The van der Waals surface area contributed by atoms with Gasteiger partial charge >= 0.3 is 6.09 Å². The fourth-order valence-corrected chi connectivity index (χ4v) is 2.12. The molecular formula is C13H19N3O2. The van der Waals surface area contributed by atoms with E-state index in [2.05, 4.69) is 9.88 Å². The Hall–Kier alpha value is -1.62. The van der Waals surface area contributed by atoms with Gasteiger partial charge in [-0.3, -0.25) is 9.88 Å². The number of carbonyl (C=O) groups is 1. The molecule has 2 heterocycles. The SMILES string of the molecule is COC(=O)N1CCN(CCc2ccncc2)CC1. The fraction of sp³-hybridized carbons (Fsp3) is 0.538. The number of nitrogens with zero attached hydrogens (tertiary/aromatic N) is 3. The van der Waals surface area contributed by atoms with Crippen LogP contribution in [0.15, 0.2) is 24.5 Å². The Bertz CT molecular complexity index is 375. The van der Waals surface area contributed by atoms with Gasteiger partial charge in [0.2, 0.25) is 0 Å². The summed E-state index contributed by atoms with van der Waals surface area (Å²) in [6.07, 6.45) is 4.46. The van der Waals surface area contributed by atoms with Crippen LogP contribution in [-0.4, -0.2) is 60.7 Å². The van der Waals surface area contributed by atoms with Crippen molar-refractivity contribution in [2.75, 3.05) is 39.8 Å². The second-order valence-electron chi connectivity index (χ2n) is 4.40. The van der Waals surface area contributed by atoms with E-state index in [0.717, 1.165) is 39.1 Å². The second kappa shape index (κ2) is 6.35. The van der Waals surface area contributed by atoms with Gasteiger partial charge in [0.25, 0.3) is 0 Å². The molecule has 1 fully saturated rings. The molecule has 1 aromatic heterocycles. The minimum absolute atomic E-state index is 0.219. The highest BCUT2D eigenvalue weighted by Gasteiger charge is 2.20. The van der Waals surface area contributed by atoms with Crippen LogP contribution in [0.4, 0.5) is 4.79 Å². The lowest BCUT2D eigenvalue weighted by Crippen LogP contribution is -2.49. The van der Waals surface area contributed by atoms with Gasteiger partial charge in [0.15, 0.2) is 0 Å². The van der Waals surface area contributed by atoms with Crippen molar-refractivity contribution in [1.29, 1.82) is 0 Å². The molecule has 0 atom stereocenters. The molecule has 1 aromatic rings. The van der Waals surface area contributed by atoms with Crippen molar-refractivity contribution in [3.05, 3.63) is 30.1 Å². The van der Waals surface area contributed by atoms with Gasteiger partial charge < -0.3 is 9.64 Å². The number of pyridine rings is 1. The summed E-state index contributed by atoms with van der Waals surface area (Å²) in [5.74, 6) is 0. The molecule has 1 saturated heterocycles. The van der Waals surface area contributed by atoms with Crippen molar-refractivity contribution in [3.8, 4) is 0 Å². The molecule has 0 unspecified atom stereocenters. The first-order valence-corrected chi connectivity index (χ1v) is 6.24. The Morgan fingerprint density at radius 1 is 1.28 bits per heavy atom. The fourth-order valence-electron chi connectivity index (χ4n) is 2.12. The molecule has 0 aliphatic carbocycles. The number of amides is 1. The molecule has 0 N–H and O–H groups in total. The van der Waals surface area contributed by atoms with Crippen molar-refractivity contribution < 1.29 is 9.53 Å². The molecule has 5 heteroatoms. The number of rotatable bonds is 3. The lowest BCUT2D eigenvalue weighted by atomic mass is 10.2. The Morgan fingerprint density at radius 3 is 2.56 bits per heavy atom. The molecule has 1 aliphatic rings. The number of piperazine rings is 1. The van der Waals surface area contributed by atoms with Crippen LogP contribution in [0.3, 0.4) is 0 Å². The zero-order chi connectivity index (χ0) is 12.8. The predicted molar refractivity (Wildman–Crippen MR) is 68.4 cm³/mol. The minimum Gasteiger partial charge on any atom is -0.453 e. The number of hydrogen-bond acceptors (Lipinski definition) is 4. The topological polar surface area (TPSA) is 45.7 Å². The Morgan fingerprint density at radius 2 is 1.94 bits per heavy atom. The van der Waals surface area contributed by atoms with E-state index in [9.17, 15) is 4.79 Å². The number of hydrogen-bond donors (Lipinski definition) is 0. The molecule has 0 saturated carbocycles. The van der Waals surface area contributed by atoms with Gasteiger partial charge in [-0.2, -0.15) is 0 Å². The summed E-state index contributed by atoms with van der Waals surface area (Å²) in [6, 6.07) is 4.09. The molecule has 0 aromatic carbocycles. The van der Waals surface area contributed by atoms with Crippen molar-refractivity contribution >= 4 is 6.09 Å². The smallest absolute Gasteiger partial charge is 0.409 e. The van der Waals surface area contributed by atoms with Crippen LogP contribution in [0, 0.1) is 0 Å². The van der Waals surface area contributed by atoms with Crippen LogP contribution in [0.25, 0.3) is 0 Å². The Labute approximate surface area is 107 Å². The summed E-state index contributed by atoms with van der Waals surface area (Å²) in [4.78, 5) is 19.5. The lowest BCUT2D eigenvalue weighted by Gasteiger charge is -2.33. The highest BCUT2D eigenvalue weighted by atomic mass is 16.5. The molecule has 2 rings (SSSR count). The quantitative estimate of drug-likeness (QED) is 0.802. The molecule has 1 aliphatic heterocycles. The molecule has 5 nitrogen and oxygen atoms in total. The van der Waals surface area contributed by atoms with Gasteiger partial charge in [0, 0.05) is 45.1 Å². The van der Waals surface area contributed by atoms with Gasteiger partial charge in [-0.05, 0) is 24.1 Å². The standard InChI is InChI=1S/C13H19N3O2/c1-18-13(17)16-10-8-15(9-11-16)7-4-12-2-5-14-6-3-12/h2-3,5-6H,4,7-11H2,1H3. The van der Waals surface area contributed by atoms with Crippen molar-refractivity contribution in [2.45, 2.75) is 6.42 Å². The van der Waals surface area contributed by atoms with Crippen LogP contribution < -0.4 is 0 Å². The van der Waals surface area contributed by atoms with E-state index < -0.39 is 0 Å². The molecular weight excluding hydrogens is 230 g/mol. The van der Waals surface area contributed by atoms with E-state index >= 15 is 0 Å². The number of ether oxygens (including phenoxy) is 1. The average Bonchev–Trinajstić information content (AvgIpc) is 2.46. The predicted octanol–water partition coefficient (Wildman–Crippen LogP) is 1.01. The van der Waals surface area contributed by atoms with Crippen molar-refractivity contribution in [2.24, 2.45) is 0 Å². The van der Waals surface area contributed by atoms with Crippen LogP contribution in [0.5, 0.6) is 0 Å². The van der Waals surface area contributed by atoms with Gasteiger partial charge in [-0.25, -0.2) is 4.79 Å². The molecule has 18 heavy (non-hydrogen) atoms. The first-order valence-electron chi connectivity index (χ1n) is 6.24. The van der Waals surface area contributed by atoms with Crippen LogP contribution in [0.1, 0.15) is 5.56 Å². The maximum absolute atomic E-state index is 11.3. The van der Waals surface area contributed by atoms with Gasteiger partial charge in [0.1, 0.15) is 0 Å². The van der Waals surface area contributed by atoms with Gasteiger partial charge in [-0.1, -0.05) is 0 Å². The first kappa shape index (κ1) is 12.8. The summed E-state index contributed by atoms with van der Waals surface area (Å²) in [7, 11) is 1.43. The molecule has 0 bridgehead atoms. The second-order valence-corrected chi connectivity index (χ2v) is 4.40. The zero-order valence-corrected chi connectivity index (χ0v) is 10.7. The van der Waals surface area contributed by atoms with Gasteiger partial charge in [0.05, 0.1) is 7.11 Å². The van der Waals surface area contributed by atoms with Crippen molar-refractivity contribution in [1.82, 2.24) is 14.8 Å². The first-order chi connectivity index (χ1) is 8.79. The summed E-state index contributed by atoms with van der Waals surface area (Å²) in [5, 5.41) is 0. The van der Waals surface area contributed by atoms with E-state index in [0.29, 0.717) is 0 Å². The highest BCUT2D eigenvalue weighted by molar-refractivity contribution is 5.67. The largest absolute Gasteiger partial charge is 0.453 e. The summed E-state index contributed by atoms with van der Waals surface area (Å²) >= 11 is 0. The lowest BCUT2D eigenvalue weighted by molar-refractivity contribution is 0.0914. The minimum atomic E-state index is -0.219. The third-order valence-electron chi connectivity index (χ3n) is 3.27. The third-order valence-corrected chi connectivity index (χ3v) is 3.27. The summed E-state index contributed by atoms with van der Waals surface area (Å²) < 4.78 is 4.72. The van der Waals surface area contributed by atoms with E-state index in [4.69, 9.17) is 4.74 Å². The van der Waals surface area contributed by atoms with Crippen LogP contribution in [-0.2, 0) is 11.2 Å². The van der Waals surface area contributed by atoms with E-state index in [-0.39, 0.29) is 6.09 Å². The molecule has 1 amide bonds. The number of carbonyl (C=O) groups excluding carboxylic acids is 1. The normalized spacial score (nSPS) is 16.6. The van der Waals surface area contributed by atoms with E-state index in [1.807, 2.05) is 24.5 Å². The third kappa shape index (κ3) is 3.43.